The van der Waals surface area contributed by atoms with Gasteiger partial charge in [0.25, 0.3) is 0 Å². The Hall–Kier alpha value is -2.64. The largest absolute Gasteiger partial charge is 0.350 e. The zero-order valence-corrected chi connectivity index (χ0v) is 17.8. The maximum Gasteiger partial charge on any atom is 0.243 e. The van der Waals surface area contributed by atoms with Crippen molar-refractivity contribution in [3.05, 3.63) is 66.4 Å². The van der Waals surface area contributed by atoms with Crippen molar-refractivity contribution in [2.24, 2.45) is 0 Å². The molecule has 7 heteroatoms. The average Bonchev–Trinajstić information content (AvgIpc) is 2.96. The average molecular weight is 426 g/mol. The summed E-state index contributed by atoms with van der Waals surface area (Å²) in [6, 6.07) is 16.8. The minimum Gasteiger partial charge on any atom is -0.350 e. The van der Waals surface area contributed by atoms with Gasteiger partial charge in [0.1, 0.15) is 6.54 Å². The molecule has 158 valence electrons. The van der Waals surface area contributed by atoms with Crippen molar-refractivity contribution in [1.29, 1.82) is 0 Å². The fourth-order valence-corrected chi connectivity index (χ4v) is 5.47. The summed E-state index contributed by atoms with van der Waals surface area (Å²) in [6.07, 6.45) is 5.82. The van der Waals surface area contributed by atoms with Crippen molar-refractivity contribution in [3.63, 3.8) is 0 Å². The van der Waals surface area contributed by atoms with Gasteiger partial charge in [-0.05, 0) is 42.7 Å². The molecule has 6 nitrogen and oxygen atoms in total. The van der Waals surface area contributed by atoms with Crippen LogP contribution in [0, 0.1) is 0 Å². The van der Waals surface area contributed by atoms with E-state index in [4.69, 9.17) is 0 Å². The summed E-state index contributed by atoms with van der Waals surface area (Å²) in [5, 5.41) is 3.75. The number of hydrogen-bond acceptors (Lipinski definition) is 3. The number of aromatic nitrogens is 1. The molecule has 1 N–H and O–H groups in total. The van der Waals surface area contributed by atoms with E-state index in [1.807, 2.05) is 47.2 Å². The molecule has 0 unspecified atom stereocenters. The molecule has 0 radical (unpaired) electrons. The summed E-state index contributed by atoms with van der Waals surface area (Å²) in [4.78, 5) is 12.7. The van der Waals surface area contributed by atoms with Crippen LogP contribution in [0.2, 0.25) is 0 Å². The molecule has 2 aromatic carbocycles. The van der Waals surface area contributed by atoms with E-state index < -0.39 is 10.0 Å². The van der Waals surface area contributed by atoms with Gasteiger partial charge in [0.2, 0.25) is 15.9 Å². The lowest BCUT2D eigenvalue weighted by atomic mass is 10.2. The summed E-state index contributed by atoms with van der Waals surface area (Å²) >= 11 is 0. The lowest BCUT2D eigenvalue weighted by Crippen LogP contribution is -2.31. The first kappa shape index (κ1) is 20.6. The van der Waals surface area contributed by atoms with Crippen molar-refractivity contribution in [2.45, 2.75) is 43.7 Å². The Labute approximate surface area is 177 Å². The Morgan fingerprint density at radius 3 is 2.40 bits per heavy atom. The van der Waals surface area contributed by atoms with E-state index in [-0.39, 0.29) is 12.5 Å². The molecule has 0 atom stereocenters. The minimum absolute atomic E-state index is 0.0855. The highest BCUT2D eigenvalue weighted by molar-refractivity contribution is 7.89. The molecule has 2 heterocycles. The zero-order valence-electron chi connectivity index (χ0n) is 17.0. The Morgan fingerprint density at radius 1 is 0.933 bits per heavy atom. The van der Waals surface area contributed by atoms with Crippen LogP contribution in [0.1, 0.15) is 31.2 Å². The number of amides is 1. The third-order valence-electron chi connectivity index (χ3n) is 5.59. The Morgan fingerprint density at radius 2 is 1.67 bits per heavy atom. The number of hydrogen-bond donors (Lipinski definition) is 1. The van der Waals surface area contributed by atoms with Crippen molar-refractivity contribution in [3.8, 4) is 0 Å². The number of benzene rings is 2. The molecule has 0 saturated carbocycles. The highest BCUT2D eigenvalue weighted by Gasteiger charge is 2.25. The van der Waals surface area contributed by atoms with Gasteiger partial charge in [0.15, 0.2) is 0 Å². The van der Waals surface area contributed by atoms with Gasteiger partial charge in [-0.3, -0.25) is 4.79 Å². The number of nitrogens with one attached hydrogen (secondary N) is 1. The molecule has 1 fully saturated rings. The topological polar surface area (TPSA) is 71.4 Å². The molecule has 0 aliphatic carbocycles. The molecule has 1 amide bonds. The van der Waals surface area contributed by atoms with Gasteiger partial charge in [-0.1, -0.05) is 43.2 Å². The normalized spacial score (nSPS) is 15.7. The lowest BCUT2D eigenvalue weighted by Gasteiger charge is -2.20. The van der Waals surface area contributed by atoms with Gasteiger partial charge in [-0.15, -0.1) is 0 Å². The Bertz CT molecular complexity index is 1120. The maximum absolute atomic E-state index is 13.0. The summed E-state index contributed by atoms with van der Waals surface area (Å²) in [7, 11) is -3.49. The number of rotatable bonds is 6. The summed E-state index contributed by atoms with van der Waals surface area (Å²) < 4.78 is 29.5. The molecule has 1 aliphatic rings. The third-order valence-corrected chi connectivity index (χ3v) is 7.49. The molecule has 4 rings (SSSR count). The summed E-state index contributed by atoms with van der Waals surface area (Å²) in [6.45, 7) is 1.84. The van der Waals surface area contributed by atoms with E-state index in [0.29, 0.717) is 24.5 Å². The highest BCUT2D eigenvalue weighted by Crippen LogP contribution is 2.25. The molecule has 30 heavy (non-hydrogen) atoms. The molecule has 0 spiro atoms. The number of fused-ring (bicyclic) bond motifs is 1. The van der Waals surface area contributed by atoms with E-state index in [1.54, 1.807) is 22.5 Å². The maximum atomic E-state index is 13.0. The van der Waals surface area contributed by atoms with Gasteiger partial charge in [0.05, 0.1) is 4.90 Å². The van der Waals surface area contributed by atoms with E-state index in [9.17, 15) is 13.2 Å². The number of carbonyl (C=O) groups excluding carboxylic acids is 1. The molecule has 1 aromatic heterocycles. The van der Waals surface area contributed by atoms with Crippen LogP contribution in [-0.4, -0.2) is 36.3 Å². The van der Waals surface area contributed by atoms with E-state index in [1.165, 1.54) is 0 Å². The lowest BCUT2D eigenvalue weighted by molar-refractivity contribution is -0.121. The van der Waals surface area contributed by atoms with Gasteiger partial charge >= 0.3 is 0 Å². The molecule has 1 saturated heterocycles. The third kappa shape index (κ3) is 4.57. The second-order valence-electron chi connectivity index (χ2n) is 7.74. The van der Waals surface area contributed by atoms with Crippen LogP contribution >= 0.6 is 0 Å². The van der Waals surface area contributed by atoms with Crippen molar-refractivity contribution in [1.82, 2.24) is 14.2 Å². The quantitative estimate of drug-likeness (QED) is 0.657. The molecule has 0 bridgehead atoms. The van der Waals surface area contributed by atoms with Crippen LogP contribution in [0.3, 0.4) is 0 Å². The molecular formula is C23H27N3O3S. The van der Waals surface area contributed by atoms with Crippen LogP contribution in [0.5, 0.6) is 0 Å². The van der Waals surface area contributed by atoms with Crippen molar-refractivity contribution < 1.29 is 13.2 Å². The van der Waals surface area contributed by atoms with Gasteiger partial charge in [-0.2, -0.15) is 4.31 Å². The first-order chi connectivity index (χ1) is 14.5. The number of nitrogens with zero attached hydrogens (tertiary/aromatic N) is 2. The first-order valence-electron chi connectivity index (χ1n) is 10.4. The molecule has 3 aromatic rings. The van der Waals surface area contributed by atoms with Crippen molar-refractivity contribution >= 4 is 26.8 Å². The SMILES string of the molecule is O=C(Cn1ccc2cc(S(=O)(=O)N3CCCCCC3)ccc21)NCc1ccccc1. The van der Waals surface area contributed by atoms with Gasteiger partial charge in [0, 0.05) is 36.7 Å². The first-order valence-corrected chi connectivity index (χ1v) is 11.9. The second kappa shape index (κ2) is 9.02. The van der Waals surface area contributed by atoms with Crippen molar-refractivity contribution in [2.75, 3.05) is 13.1 Å². The Balaban J connectivity index is 1.47. The Kier molecular flexibility index (Phi) is 6.20. The van der Waals surface area contributed by atoms with E-state index >= 15 is 0 Å². The second-order valence-corrected chi connectivity index (χ2v) is 9.68. The van der Waals surface area contributed by atoms with E-state index in [0.717, 1.165) is 42.1 Å². The smallest absolute Gasteiger partial charge is 0.243 e. The highest BCUT2D eigenvalue weighted by atomic mass is 32.2. The summed E-state index contributed by atoms with van der Waals surface area (Å²) in [5.74, 6) is -0.0855. The molecule has 1 aliphatic heterocycles. The van der Waals surface area contributed by atoms with Crippen LogP contribution in [0.4, 0.5) is 0 Å². The summed E-state index contributed by atoms with van der Waals surface area (Å²) in [5.41, 5.74) is 1.89. The zero-order chi connectivity index (χ0) is 21.0. The van der Waals surface area contributed by atoms with Crippen LogP contribution in [0.15, 0.2) is 65.7 Å². The minimum atomic E-state index is -3.49. The fraction of sp³-hybridized carbons (Fsp3) is 0.348. The van der Waals surface area contributed by atoms with Crippen LogP contribution in [0.25, 0.3) is 10.9 Å². The van der Waals surface area contributed by atoms with E-state index in [2.05, 4.69) is 5.32 Å². The standard InChI is InChI=1S/C23H27N3O3S/c27-23(24-17-19-8-4-3-5-9-19)18-25-15-12-20-16-21(10-11-22(20)25)30(28,29)26-13-6-1-2-7-14-26/h3-5,8-12,15-16H,1-2,6-7,13-14,17-18H2,(H,24,27). The number of sulfonamides is 1. The number of carbonyl (C=O) groups is 1. The fourth-order valence-electron chi connectivity index (χ4n) is 3.91. The van der Waals surface area contributed by atoms with Crippen LogP contribution < -0.4 is 5.32 Å². The molecular weight excluding hydrogens is 398 g/mol. The van der Waals surface area contributed by atoms with Crippen LogP contribution in [-0.2, 0) is 27.9 Å². The predicted octanol–water partition coefficient (Wildman–Crippen LogP) is 3.52. The van der Waals surface area contributed by atoms with Gasteiger partial charge in [-0.25, -0.2) is 8.42 Å². The predicted molar refractivity (Wildman–Crippen MR) is 117 cm³/mol. The monoisotopic (exact) mass is 425 g/mol. The van der Waals surface area contributed by atoms with Gasteiger partial charge < -0.3 is 9.88 Å².